The van der Waals surface area contributed by atoms with Crippen LogP contribution in [0.1, 0.15) is 26.7 Å². The number of hydrogen-bond acceptors (Lipinski definition) is 2. The number of carbonyl (C=O) groups excluding carboxylic acids is 1. The molecule has 0 bridgehead atoms. The van der Waals surface area contributed by atoms with Gasteiger partial charge in [0.05, 0.1) is 12.2 Å². The summed E-state index contributed by atoms with van der Waals surface area (Å²) >= 11 is 0. The third kappa shape index (κ3) is 4.52. The Balaban J connectivity index is 2.68. The van der Waals surface area contributed by atoms with E-state index in [0.29, 0.717) is 0 Å². The Kier molecular flexibility index (Phi) is 6.51. The third-order valence-corrected chi connectivity index (χ3v) is 2.76. The zero-order valence-electron chi connectivity index (χ0n) is 11.7. The molecule has 0 unspecified atom stereocenters. The molecule has 0 saturated carbocycles. The van der Waals surface area contributed by atoms with Crippen molar-refractivity contribution in [3.63, 3.8) is 0 Å². The quantitative estimate of drug-likeness (QED) is 0.782. The Labute approximate surface area is 116 Å². The van der Waals surface area contributed by atoms with Crippen LogP contribution in [0.3, 0.4) is 0 Å². The molecule has 0 aromatic heterocycles. The Morgan fingerprint density at radius 2 is 1.70 bits per heavy atom. The largest absolute Gasteiger partial charge is 0.322 e. The number of hydrogen-bond donors (Lipinski definition) is 1. The van der Waals surface area contributed by atoms with Crippen LogP contribution in [-0.2, 0) is 4.79 Å². The van der Waals surface area contributed by atoms with Crippen molar-refractivity contribution in [2.45, 2.75) is 26.7 Å². The topological polar surface area (TPSA) is 32.3 Å². The van der Waals surface area contributed by atoms with Gasteiger partial charge in [-0.2, -0.15) is 0 Å². The molecule has 20 heavy (non-hydrogen) atoms. The van der Waals surface area contributed by atoms with Gasteiger partial charge in [0.25, 0.3) is 0 Å². The molecule has 1 rings (SSSR count). The van der Waals surface area contributed by atoms with E-state index in [-0.39, 0.29) is 12.2 Å². The lowest BCUT2D eigenvalue weighted by atomic mass is 10.2. The van der Waals surface area contributed by atoms with Gasteiger partial charge in [-0.3, -0.25) is 9.69 Å². The summed E-state index contributed by atoms with van der Waals surface area (Å²) in [5.74, 6) is -4.69. The summed E-state index contributed by atoms with van der Waals surface area (Å²) in [6.45, 7) is 5.59. The number of amides is 1. The fourth-order valence-electron chi connectivity index (χ4n) is 1.92. The second-order valence-corrected chi connectivity index (χ2v) is 4.55. The van der Waals surface area contributed by atoms with Crippen LogP contribution in [-0.4, -0.2) is 30.4 Å². The molecular weight excluding hydrogens is 269 g/mol. The molecular formula is C14H19F3N2O. The first-order chi connectivity index (χ1) is 9.49. The zero-order valence-corrected chi connectivity index (χ0v) is 11.7. The number of nitrogens with one attached hydrogen (secondary N) is 1. The van der Waals surface area contributed by atoms with E-state index in [1.165, 1.54) is 0 Å². The molecule has 0 aliphatic heterocycles. The first kappa shape index (κ1) is 16.5. The number of anilines is 1. The van der Waals surface area contributed by atoms with Gasteiger partial charge in [0.2, 0.25) is 5.91 Å². The van der Waals surface area contributed by atoms with Crippen LogP contribution >= 0.6 is 0 Å². The van der Waals surface area contributed by atoms with E-state index in [4.69, 9.17) is 0 Å². The fourth-order valence-corrected chi connectivity index (χ4v) is 1.92. The predicted molar refractivity (Wildman–Crippen MR) is 72.0 cm³/mol. The van der Waals surface area contributed by atoms with Gasteiger partial charge in [0, 0.05) is 0 Å². The van der Waals surface area contributed by atoms with Crippen LogP contribution < -0.4 is 5.32 Å². The van der Waals surface area contributed by atoms with Crippen molar-refractivity contribution in [1.82, 2.24) is 4.90 Å². The Morgan fingerprint density at radius 1 is 1.10 bits per heavy atom. The van der Waals surface area contributed by atoms with Crippen LogP contribution in [0.25, 0.3) is 0 Å². The molecule has 0 radical (unpaired) electrons. The number of benzene rings is 1. The van der Waals surface area contributed by atoms with Gasteiger partial charge in [0.1, 0.15) is 0 Å². The number of nitrogens with zero attached hydrogens (tertiary/aromatic N) is 1. The molecule has 1 N–H and O–H groups in total. The number of halogens is 3. The lowest BCUT2D eigenvalue weighted by molar-refractivity contribution is -0.117. The minimum Gasteiger partial charge on any atom is -0.322 e. The lowest BCUT2D eigenvalue weighted by Gasteiger charge is -2.20. The van der Waals surface area contributed by atoms with Crippen molar-refractivity contribution in [2.75, 3.05) is 25.0 Å². The van der Waals surface area contributed by atoms with Crippen LogP contribution in [0.5, 0.6) is 0 Å². The molecule has 0 heterocycles. The van der Waals surface area contributed by atoms with Gasteiger partial charge < -0.3 is 5.32 Å². The van der Waals surface area contributed by atoms with Gasteiger partial charge in [-0.15, -0.1) is 0 Å². The maximum atomic E-state index is 13.4. The highest BCUT2D eigenvalue weighted by molar-refractivity contribution is 5.92. The molecule has 1 aromatic carbocycles. The molecule has 0 aliphatic rings. The number of carbonyl (C=O) groups is 1. The van der Waals surface area contributed by atoms with Crippen molar-refractivity contribution < 1.29 is 18.0 Å². The molecule has 6 heteroatoms. The van der Waals surface area contributed by atoms with Crippen molar-refractivity contribution in [3.8, 4) is 0 Å². The fraction of sp³-hybridized carbons (Fsp3) is 0.500. The molecule has 0 fully saturated rings. The van der Waals surface area contributed by atoms with Gasteiger partial charge in [-0.25, -0.2) is 13.2 Å². The van der Waals surface area contributed by atoms with Gasteiger partial charge in [0.15, 0.2) is 17.5 Å². The first-order valence-electron chi connectivity index (χ1n) is 6.65. The van der Waals surface area contributed by atoms with Crippen LogP contribution in [0, 0.1) is 17.5 Å². The van der Waals surface area contributed by atoms with E-state index < -0.39 is 23.4 Å². The van der Waals surface area contributed by atoms with E-state index in [1.54, 1.807) is 0 Å². The van der Waals surface area contributed by atoms with E-state index in [9.17, 15) is 18.0 Å². The van der Waals surface area contributed by atoms with E-state index in [0.717, 1.165) is 38.1 Å². The normalized spacial score (nSPS) is 10.9. The zero-order chi connectivity index (χ0) is 15.1. The Bertz CT molecular complexity index is 460. The first-order valence-corrected chi connectivity index (χ1v) is 6.65. The number of rotatable bonds is 7. The Hall–Kier alpha value is -1.56. The summed E-state index contributed by atoms with van der Waals surface area (Å²) in [6, 6.07) is 1.79. The molecule has 0 spiro atoms. The van der Waals surface area contributed by atoms with Crippen LogP contribution in [0.15, 0.2) is 12.1 Å². The molecule has 0 atom stereocenters. The van der Waals surface area contributed by atoms with Crippen LogP contribution in [0.2, 0.25) is 0 Å². The van der Waals surface area contributed by atoms with Gasteiger partial charge in [-0.05, 0) is 38.1 Å². The summed E-state index contributed by atoms with van der Waals surface area (Å²) in [7, 11) is 0. The smallest absolute Gasteiger partial charge is 0.238 e. The van der Waals surface area contributed by atoms with Crippen molar-refractivity contribution in [1.29, 1.82) is 0 Å². The SMILES string of the molecule is CCCN(CCC)CC(=O)Nc1ccc(F)c(F)c1F. The molecule has 0 saturated heterocycles. The lowest BCUT2D eigenvalue weighted by Crippen LogP contribution is -2.34. The van der Waals surface area contributed by atoms with E-state index in [2.05, 4.69) is 5.32 Å². The second kappa shape index (κ2) is 7.89. The molecule has 1 aromatic rings. The maximum absolute atomic E-state index is 13.4. The van der Waals surface area contributed by atoms with E-state index >= 15 is 0 Å². The van der Waals surface area contributed by atoms with Gasteiger partial charge in [-0.1, -0.05) is 13.8 Å². The highest BCUT2D eigenvalue weighted by atomic mass is 19.2. The predicted octanol–water partition coefficient (Wildman–Crippen LogP) is 3.16. The molecule has 3 nitrogen and oxygen atoms in total. The summed E-state index contributed by atoms with van der Waals surface area (Å²) in [4.78, 5) is 13.7. The summed E-state index contributed by atoms with van der Waals surface area (Å²) in [5, 5.41) is 2.26. The van der Waals surface area contributed by atoms with Crippen molar-refractivity contribution in [3.05, 3.63) is 29.6 Å². The standard InChI is InChI=1S/C14H19F3N2O/c1-3-7-19(8-4-2)9-12(20)18-11-6-5-10(15)13(16)14(11)17/h5-6H,3-4,7-9H2,1-2H3,(H,18,20). The third-order valence-electron chi connectivity index (χ3n) is 2.76. The van der Waals surface area contributed by atoms with E-state index in [1.807, 2.05) is 18.7 Å². The summed E-state index contributed by atoms with van der Waals surface area (Å²) in [5.41, 5.74) is -0.346. The summed E-state index contributed by atoms with van der Waals surface area (Å²) in [6.07, 6.45) is 1.79. The summed E-state index contributed by atoms with van der Waals surface area (Å²) < 4.78 is 39.2. The van der Waals surface area contributed by atoms with Gasteiger partial charge >= 0.3 is 0 Å². The molecule has 0 aliphatic carbocycles. The average molecular weight is 288 g/mol. The average Bonchev–Trinajstić information content (AvgIpc) is 2.40. The maximum Gasteiger partial charge on any atom is 0.238 e. The molecule has 1 amide bonds. The van der Waals surface area contributed by atoms with Crippen LogP contribution in [0.4, 0.5) is 18.9 Å². The van der Waals surface area contributed by atoms with Crippen molar-refractivity contribution >= 4 is 11.6 Å². The molecule has 112 valence electrons. The van der Waals surface area contributed by atoms with Crippen molar-refractivity contribution in [2.24, 2.45) is 0 Å². The minimum atomic E-state index is -1.58. The second-order valence-electron chi connectivity index (χ2n) is 4.55. The monoisotopic (exact) mass is 288 g/mol. The Morgan fingerprint density at radius 3 is 2.25 bits per heavy atom. The highest BCUT2D eigenvalue weighted by Gasteiger charge is 2.16. The highest BCUT2D eigenvalue weighted by Crippen LogP contribution is 2.19. The minimum absolute atomic E-state index is 0.0973.